The van der Waals surface area contributed by atoms with Crippen molar-refractivity contribution in [3.63, 3.8) is 0 Å². The zero-order valence-corrected chi connectivity index (χ0v) is 16.8. The number of imide groups is 1. The van der Waals surface area contributed by atoms with Gasteiger partial charge in [-0.15, -0.1) is 0 Å². The number of rotatable bonds is 4. The molecule has 0 aliphatic carbocycles. The van der Waals surface area contributed by atoms with Gasteiger partial charge in [-0.05, 0) is 24.3 Å². The number of carbonyl (C=O) groups is 2. The number of anilines is 2. The number of hydrogen-bond acceptors (Lipinski definition) is 6. The Hall–Kier alpha value is -3.26. The van der Waals surface area contributed by atoms with Crippen LogP contribution in [0.5, 0.6) is 17.2 Å². The van der Waals surface area contributed by atoms with Crippen LogP contribution in [-0.2, 0) is 9.59 Å². The quantitative estimate of drug-likeness (QED) is 0.739. The van der Waals surface area contributed by atoms with E-state index >= 15 is 0 Å². The van der Waals surface area contributed by atoms with Gasteiger partial charge < -0.3 is 24.0 Å². The fraction of sp³-hybridized carbons (Fsp3) is 0.364. The summed E-state index contributed by atoms with van der Waals surface area (Å²) >= 11 is 0. The summed E-state index contributed by atoms with van der Waals surface area (Å²) < 4.78 is 16.1. The summed E-state index contributed by atoms with van der Waals surface area (Å²) in [7, 11) is 1.57. The number of nitrogens with one attached hydrogen (secondary N) is 1. The maximum absolute atomic E-state index is 13.1. The third-order valence-corrected chi connectivity index (χ3v) is 6.08. The molecule has 156 valence electrons. The zero-order valence-electron chi connectivity index (χ0n) is 16.8. The summed E-state index contributed by atoms with van der Waals surface area (Å²) in [5.74, 6) is 1.90. The van der Waals surface area contributed by atoms with E-state index in [4.69, 9.17) is 14.2 Å². The molecule has 5 rings (SSSR count). The molecule has 0 spiro atoms. The normalized spacial score (nSPS) is 21.4. The van der Waals surface area contributed by atoms with E-state index in [9.17, 15) is 9.59 Å². The number of hydrogen-bond donors (Lipinski definition) is 1. The standard InChI is InChI=1S/C22H23N3O5/c1-28-17-4-2-3-16(11-17)25-21(26)13-18(22(25)27)24-9-7-23(8-10-24)15-5-6-19-20(12-15)30-14-29-19/h2-6,11-12,18H,7-10,13-14H2,1H3/p+1/t18-/m0/s1. The molecule has 2 aromatic carbocycles. The number of fused-ring (bicyclic) bond motifs is 1. The molecule has 0 radical (unpaired) electrons. The van der Waals surface area contributed by atoms with Crippen LogP contribution in [0, 0.1) is 0 Å². The topological polar surface area (TPSA) is 72.8 Å². The van der Waals surface area contributed by atoms with Crippen LogP contribution in [0.2, 0.25) is 0 Å². The highest BCUT2D eigenvalue weighted by Crippen LogP contribution is 2.35. The molecule has 3 aliphatic rings. The molecule has 1 N–H and O–H groups in total. The Morgan fingerprint density at radius 3 is 2.60 bits per heavy atom. The lowest BCUT2D eigenvalue weighted by molar-refractivity contribution is -0.915. The molecular weight excluding hydrogens is 386 g/mol. The number of methoxy groups -OCH3 is 1. The van der Waals surface area contributed by atoms with E-state index in [1.165, 1.54) is 4.90 Å². The molecule has 8 heteroatoms. The minimum Gasteiger partial charge on any atom is -0.497 e. The van der Waals surface area contributed by atoms with E-state index in [1.54, 1.807) is 31.4 Å². The number of quaternary nitrogens is 1. The molecule has 3 heterocycles. The van der Waals surface area contributed by atoms with Gasteiger partial charge in [-0.2, -0.15) is 0 Å². The Morgan fingerprint density at radius 2 is 1.80 bits per heavy atom. The van der Waals surface area contributed by atoms with Crippen LogP contribution in [0.1, 0.15) is 6.42 Å². The lowest BCUT2D eigenvalue weighted by atomic mass is 10.1. The minimum absolute atomic E-state index is 0.125. The molecule has 0 aromatic heterocycles. The first-order chi connectivity index (χ1) is 14.6. The van der Waals surface area contributed by atoms with Crippen molar-refractivity contribution in [1.29, 1.82) is 0 Å². The third-order valence-electron chi connectivity index (χ3n) is 6.08. The van der Waals surface area contributed by atoms with Crippen LogP contribution in [-0.4, -0.2) is 57.9 Å². The van der Waals surface area contributed by atoms with Gasteiger partial charge in [0.25, 0.3) is 5.91 Å². The number of benzene rings is 2. The summed E-state index contributed by atoms with van der Waals surface area (Å²) in [6, 6.07) is 12.7. The van der Waals surface area contributed by atoms with E-state index in [0.717, 1.165) is 48.3 Å². The lowest BCUT2D eigenvalue weighted by Crippen LogP contribution is -3.19. The summed E-state index contributed by atoms with van der Waals surface area (Å²) in [5.41, 5.74) is 1.66. The summed E-state index contributed by atoms with van der Waals surface area (Å²) in [5, 5.41) is 0. The van der Waals surface area contributed by atoms with Gasteiger partial charge in [0.15, 0.2) is 17.5 Å². The van der Waals surface area contributed by atoms with Crippen molar-refractivity contribution in [2.24, 2.45) is 0 Å². The summed E-state index contributed by atoms with van der Waals surface area (Å²) in [6.45, 7) is 3.48. The third kappa shape index (κ3) is 3.23. The second-order valence-electron chi connectivity index (χ2n) is 7.71. The SMILES string of the molecule is COc1cccc(N2C(=O)C[C@H]([NH+]3CCN(c4ccc5c(c4)OCO5)CC3)C2=O)c1. The van der Waals surface area contributed by atoms with Crippen LogP contribution in [0.15, 0.2) is 42.5 Å². The van der Waals surface area contributed by atoms with E-state index in [2.05, 4.69) is 4.90 Å². The fourth-order valence-corrected chi connectivity index (χ4v) is 4.45. The van der Waals surface area contributed by atoms with E-state index in [0.29, 0.717) is 11.4 Å². The Kier molecular flexibility index (Phi) is 4.71. The Balaban J connectivity index is 1.26. The molecule has 8 nitrogen and oxygen atoms in total. The number of piperazine rings is 1. The molecule has 1 atom stereocenters. The lowest BCUT2D eigenvalue weighted by Gasteiger charge is -2.35. The number of amides is 2. The maximum atomic E-state index is 13.1. The predicted molar refractivity (Wildman–Crippen MR) is 109 cm³/mol. The molecule has 0 saturated carbocycles. The number of ether oxygens (including phenoxy) is 3. The van der Waals surface area contributed by atoms with Crippen molar-refractivity contribution in [3.05, 3.63) is 42.5 Å². The largest absolute Gasteiger partial charge is 0.497 e. The maximum Gasteiger partial charge on any atom is 0.292 e. The Morgan fingerprint density at radius 1 is 1.00 bits per heavy atom. The first-order valence-electron chi connectivity index (χ1n) is 10.1. The minimum atomic E-state index is -0.331. The second kappa shape index (κ2) is 7.53. The molecule has 2 amide bonds. The predicted octanol–water partition coefficient (Wildman–Crippen LogP) is 0.461. The smallest absolute Gasteiger partial charge is 0.292 e. The molecule has 2 aromatic rings. The molecule has 2 saturated heterocycles. The van der Waals surface area contributed by atoms with Crippen LogP contribution < -0.4 is 28.9 Å². The van der Waals surface area contributed by atoms with Gasteiger partial charge in [0.05, 0.1) is 45.4 Å². The van der Waals surface area contributed by atoms with Crippen LogP contribution in [0.4, 0.5) is 11.4 Å². The van der Waals surface area contributed by atoms with Gasteiger partial charge in [-0.3, -0.25) is 9.59 Å². The van der Waals surface area contributed by atoms with Gasteiger partial charge in [-0.1, -0.05) is 6.07 Å². The molecular formula is C22H24N3O5+. The molecule has 2 fully saturated rings. The van der Waals surface area contributed by atoms with E-state index in [-0.39, 0.29) is 31.1 Å². The first kappa shape index (κ1) is 18.7. The molecule has 0 unspecified atom stereocenters. The monoisotopic (exact) mass is 410 g/mol. The van der Waals surface area contributed by atoms with E-state index < -0.39 is 0 Å². The fourth-order valence-electron chi connectivity index (χ4n) is 4.45. The van der Waals surface area contributed by atoms with Gasteiger partial charge in [0.2, 0.25) is 12.7 Å². The van der Waals surface area contributed by atoms with Crippen molar-refractivity contribution in [2.45, 2.75) is 12.5 Å². The highest BCUT2D eigenvalue weighted by Gasteiger charge is 2.46. The first-order valence-corrected chi connectivity index (χ1v) is 10.1. The van der Waals surface area contributed by atoms with Crippen molar-refractivity contribution in [3.8, 4) is 17.2 Å². The zero-order chi connectivity index (χ0) is 20.7. The van der Waals surface area contributed by atoms with Crippen molar-refractivity contribution >= 4 is 23.2 Å². The molecule has 30 heavy (non-hydrogen) atoms. The second-order valence-corrected chi connectivity index (χ2v) is 7.71. The van der Waals surface area contributed by atoms with Gasteiger partial charge in [0, 0.05) is 17.8 Å². The molecule has 0 bridgehead atoms. The summed E-state index contributed by atoms with van der Waals surface area (Å²) in [6.07, 6.45) is 0.245. The van der Waals surface area contributed by atoms with Crippen LogP contribution >= 0.6 is 0 Å². The van der Waals surface area contributed by atoms with Crippen LogP contribution in [0.25, 0.3) is 0 Å². The van der Waals surface area contributed by atoms with Crippen molar-refractivity contribution in [1.82, 2.24) is 0 Å². The van der Waals surface area contributed by atoms with Gasteiger partial charge in [-0.25, -0.2) is 4.90 Å². The van der Waals surface area contributed by atoms with Crippen LogP contribution in [0.3, 0.4) is 0 Å². The number of carbonyl (C=O) groups excluding carboxylic acids is 2. The molecule has 3 aliphatic heterocycles. The van der Waals surface area contributed by atoms with E-state index in [1.807, 2.05) is 18.2 Å². The van der Waals surface area contributed by atoms with Crippen molar-refractivity contribution in [2.75, 3.05) is 49.9 Å². The number of nitrogens with zero attached hydrogens (tertiary/aromatic N) is 2. The van der Waals surface area contributed by atoms with Gasteiger partial charge >= 0.3 is 0 Å². The highest BCUT2D eigenvalue weighted by molar-refractivity contribution is 6.21. The van der Waals surface area contributed by atoms with Crippen molar-refractivity contribution < 1.29 is 28.7 Å². The van der Waals surface area contributed by atoms with Gasteiger partial charge in [0.1, 0.15) is 5.75 Å². The Labute approximate surface area is 174 Å². The Bertz CT molecular complexity index is 986. The summed E-state index contributed by atoms with van der Waals surface area (Å²) in [4.78, 5) is 30.5. The highest BCUT2D eigenvalue weighted by atomic mass is 16.7. The average molecular weight is 410 g/mol. The average Bonchev–Trinajstić information content (AvgIpc) is 3.37.